The number of rotatable bonds is 1. The summed E-state index contributed by atoms with van der Waals surface area (Å²) in [7, 11) is 0. The summed E-state index contributed by atoms with van der Waals surface area (Å²) in [6, 6.07) is 10.4. The van der Waals surface area contributed by atoms with E-state index in [0.29, 0.717) is 11.3 Å². The monoisotopic (exact) mass is 187 g/mol. The second-order valence-electron chi connectivity index (χ2n) is 3.20. The molecule has 1 heterocycles. The topological polar surface area (TPSA) is 12.9 Å². The maximum Gasteiger partial charge on any atom is 0.132 e. The van der Waals surface area contributed by atoms with Crippen LogP contribution in [0.15, 0.2) is 42.6 Å². The molecule has 0 amide bonds. The molecule has 70 valence electrons. The van der Waals surface area contributed by atoms with Crippen molar-refractivity contribution in [1.82, 2.24) is 4.98 Å². The zero-order chi connectivity index (χ0) is 9.97. The predicted octanol–water partition coefficient (Wildman–Crippen LogP) is 3.20. The van der Waals surface area contributed by atoms with Gasteiger partial charge in [0.2, 0.25) is 0 Å². The van der Waals surface area contributed by atoms with Crippen molar-refractivity contribution < 1.29 is 4.39 Å². The van der Waals surface area contributed by atoms with Crippen LogP contribution in [0.2, 0.25) is 0 Å². The average Bonchev–Trinajstić information content (AvgIpc) is 2.18. The summed E-state index contributed by atoms with van der Waals surface area (Å²) in [6.07, 6.45) is 1.69. The molecule has 0 aliphatic rings. The Morgan fingerprint density at radius 3 is 2.64 bits per heavy atom. The summed E-state index contributed by atoms with van der Waals surface area (Å²) in [5.41, 5.74) is 2.32. The lowest BCUT2D eigenvalue weighted by molar-refractivity contribution is 0.630. The lowest BCUT2D eigenvalue weighted by Gasteiger charge is -2.02. The van der Waals surface area contributed by atoms with Crippen molar-refractivity contribution in [1.29, 1.82) is 0 Å². The van der Waals surface area contributed by atoms with Crippen molar-refractivity contribution in [3.63, 3.8) is 0 Å². The summed E-state index contributed by atoms with van der Waals surface area (Å²) in [5.74, 6) is -0.231. The Kier molecular flexibility index (Phi) is 2.27. The third-order valence-electron chi connectivity index (χ3n) is 2.07. The number of hydrogen-bond acceptors (Lipinski definition) is 1. The summed E-state index contributed by atoms with van der Waals surface area (Å²) in [6.45, 7) is 1.96. The molecule has 1 nitrogen and oxygen atoms in total. The number of aromatic nitrogens is 1. The van der Waals surface area contributed by atoms with E-state index in [1.807, 2.05) is 25.1 Å². The molecule has 1 aromatic carbocycles. The van der Waals surface area contributed by atoms with Gasteiger partial charge in [0, 0.05) is 11.8 Å². The molecule has 0 spiro atoms. The van der Waals surface area contributed by atoms with Gasteiger partial charge in [-0.3, -0.25) is 4.98 Å². The number of benzene rings is 1. The average molecular weight is 187 g/mol. The second-order valence-corrected chi connectivity index (χ2v) is 3.20. The molecule has 0 aliphatic heterocycles. The van der Waals surface area contributed by atoms with Crippen LogP contribution >= 0.6 is 0 Å². The molecule has 0 radical (unpaired) electrons. The highest BCUT2D eigenvalue weighted by Crippen LogP contribution is 2.20. The van der Waals surface area contributed by atoms with Crippen LogP contribution in [-0.4, -0.2) is 4.98 Å². The smallest absolute Gasteiger partial charge is 0.132 e. The minimum absolute atomic E-state index is 0.231. The van der Waals surface area contributed by atoms with Crippen LogP contribution < -0.4 is 0 Å². The van der Waals surface area contributed by atoms with Gasteiger partial charge in [-0.25, -0.2) is 4.39 Å². The number of nitrogens with zero attached hydrogens (tertiary/aromatic N) is 1. The van der Waals surface area contributed by atoms with Crippen molar-refractivity contribution in [3.05, 3.63) is 54.0 Å². The van der Waals surface area contributed by atoms with E-state index in [0.717, 1.165) is 5.56 Å². The minimum atomic E-state index is -0.231. The van der Waals surface area contributed by atoms with Crippen LogP contribution in [0.3, 0.4) is 0 Å². The Morgan fingerprint density at radius 1 is 1.14 bits per heavy atom. The number of halogens is 1. The fraction of sp³-hybridized carbons (Fsp3) is 0.0833. The van der Waals surface area contributed by atoms with E-state index in [1.165, 1.54) is 6.07 Å². The van der Waals surface area contributed by atoms with Crippen molar-refractivity contribution in [2.24, 2.45) is 0 Å². The minimum Gasteiger partial charge on any atom is -0.256 e. The van der Waals surface area contributed by atoms with Gasteiger partial charge < -0.3 is 0 Å². The van der Waals surface area contributed by atoms with E-state index in [9.17, 15) is 4.39 Å². The molecule has 2 aromatic rings. The van der Waals surface area contributed by atoms with Crippen LogP contribution in [0.5, 0.6) is 0 Å². The van der Waals surface area contributed by atoms with Gasteiger partial charge in [0.1, 0.15) is 5.82 Å². The molecule has 0 saturated heterocycles. The summed E-state index contributed by atoms with van der Waals surface area (Å²) < 4.78 is 13.4. The fourth-order valence-corrected chi connectivity index (χ4v) is 1.35. The van der Waals surface area contributed by atoms with Gasteiger partial charge >= 0.3 is 0 Å². The lowest BCUT2D eigenvalue weighted by atomic mass is 10.1. The van der Waals surface area contributed by atoms with Gasteiger partial charge in [0.25, 0.3) is 0 Å². The molecule has 0 atom stereocenters. The highest BCUT2D eigenvalue weighted by Gasteiger charge is 2.04. The van der Waals surface area contributed by atoms with Crippen LogP contribution in [0.25, 0.3) is 11.3 Å². The first-order chi connectivity index (χ1) is 6.77. The number of aryl methyl sites for hydroxylation is 1. The van der Waals surface area contributed by atoms with Crippen molar-refractivity contribution in [2.75, 3.05) is 0 Å². The molecule has 0 N–H and O–H groups in total. The third kappa shape index (κ3) is 1.64. The van der Waals surface area contributed by atoms with E-state index in [4.69, 9.17) is 0 Å². The van der Waals surface area contributed by atoms with Gasteiger partial charge in [-0.15, -0.1) is 0 Å². The molecular weight excluding hydrogens is 177 g/mol. The quantitative estimate of drug-likeness (QED) is 0.668. The summed E-state index contributed by atoms with van der Waals surface area (Å²) in [4.78, 5) is 4.13. The lowest BCUT2D eigenvalue weighted by Crippen LogP contribution is -1.87. The number of pyridine rings is 1. The molecule has 0 aliphatic carbocycles. The zero-order valence-electron chi connectivity index (χ0n) is 7.87. The van der Waals surface area contributed by atoms with Gasteiger partial charge in [-0.2, -0.15) is 0 Å². The van der Waals surface area contributed by atoms with Gasteiger partial charge in [-0.05, 0) is 36.8 Å². The first kappa shape index (κ1) is 8.88. The van der Waals surface area contributed by atoms with E-state index in [2.05, 4.69) is 4.98 Å². The molecule has 2 rings (SSSR count). The maximum absolute atomic E-state index is 13.4. The van der Waals surface area contributed by atoms with Crippen LogP contribution in [0.1, 0.15) is 5.56 Å². The van der Waals surface area contributed by atoms with E-state index in [-0.39, 0.29) is 5.82 Å². The summed E-state index contributed by atoms with van der Waals surface area (Å²) >= 11 is 0. The van der Waals surface area contributed by atoms with Gasteiger partial charge in [0.15, 0.2) is 0 Å². The van der Waals surface area contributed by atoms with Crippen LogP contribution in [0, 0.1) is 12.7 Å². The number of hydrogen-bond donors (Lipinski definition) is 0. The molecule has 0 unspecified atom stereocenters. The predicted molar refractivity (Wildman–Crippen MR) is 54.4 cm³/mol. The zero-order valence-corrected chi connectivity index (χ0v) is 7.87. The SMILES string of the molecule is Cc1ccnc(-c2ccccc2F)c1. The first-order valence-electron chi connectivity index (χ1n) is 4.45. The second kappa shape index (κ2) is 3.58. The van der Waals surface area contributed by atoms with Crippen LogP contribution in [-0.2, 0) is 0 Å². The molecule has 0 fully saturated rings. The Morgan fingerprint density at radius 2 is 1.93 bits per heavy atom. The normalized spacial score (nSPS) is 10.1. The largest absolute Gasteiger partial charge is 0.256 e. The van der Waals surface area contributed by atoms with E-state index < -0.39 is 0 Å². The highest BCUT2D eigenvalue weighted by molar-refractivity contribution is 5.60. The van der Waals surface area contributed by atoms with E-state index >= 15 is 0 Å². The molecule has 14 heavy (non-hydrogen) atoms. The van der Waals surface area contributed by atoms with Gasteiger partial charge in [-0.1, -0.05) is 12.1 Å². The molecule has 2 heteroatoms. The fourth-order valence-electron chi connectivity index (χ4n) is 1.35. The van der Waals surface area contributed by atoms with Crippen LogP contribution in [0.4, 0.5) is 4.39 Å². The Labute approximate surface area is 82.2 Å². The standard InChI is InChI=1S/C12H10FN/c1-9-6-7-14-12(8-9)10-4-2-3-5-11(10)13/h2-8H,1H3. The maximum atomic E-state index is 13.4. The Hall–Kier alpha value is -1.70. The Bertz CT molecular complexity index is 452. The molecule has 0 bridgehead atoms. The third-order valence-corrected chi connectivity index (χ3v) is 2.07. The first-order valence-corrected chi connectivity index (χ1v) is 4.45. The van der Waals surface area contributed by atoms with Gasteiger partial charge in [0.05, 0.1) is 5.69 Å². The van der Waals surface area contributed by atoms with Crippen molar-refractivity contribution in [3.8, 4) is 11.3 Å². The van der Waals surface area contributed by atoms with E-state index in [1.54, 1.807) is 18.3 Å². The Balaban J connectivity index is 2.55. The highest BCUT2D eigenvalue weighted by atomic mass is 19.1. The van der Waals surface area contributed by atoms with Crippen molar-refractivity contribution >= 4 is 0 Å². The molecule has 0 saturated carbocycles. The van der Waals surface area contributed by atoms with Crippen molar-refractivity contribution in [2.45, 2.75) is 6.92 Å². The molecule has 1 aromatic heterocycles. The molecular formula is C12H10FN. The summed E-state index contributed by atoms with van der Waals surface area (Å²) in [5, 5.41) is 0.